The van der Waals surface area contributed by atoms with E-state index in [1.165, 1.54) is 7.11 Å². The number of nitrogens with two attached hydrogens (primary N) is 1. The molecule has 0 heterocycles. The van der Waals surface area contributed by atoms with E-state index in [0.29, 0.717) is 6.42 Å². The molecule has 0 aromatic heterocycles. The summed E-state index contributed by atoms with van der Waals surface area (Å²) in [5, 5.41) is 2.58. The van der Waals surface area contributed by atoms with Gasteiger partial charge in [-0.05, 0) is 12.3 Å². The predicted octanol–water partition coefficient (Wildman–Crippen LogP) is 0.0375. The van der Waals surface area contributed by atoms with Crippen molar-refractivity contribution in [2.24, 2.45) is 11.7 Å². The molecule has 3 N–H and O–H groups in total. The van der Waals surface area contributed by atoms with E-state index in [-0.39, 0.29) is 11.8 Å². The minimum Gasteiger partial charge on any atom is -0.467 e. The largest absolute Gasteiger partial charge is 0.467 e. The summed E-state index contributed by atoms with van der Waals surface area (Å²) in [7, 11) is 1.30. The Morgan fingerprint density at radius 2 is 1.93 bits per heavy atom. The molecule has 0 saturated heterocycles. The molecule has 1 amide bonds. The third kappa shape index (κ3) is 4.29. The molecule has 5 nitrogen and oxygen atoms in total. The minimum atomic E-state index is -0.625. The molecule has 0 aromatic carbocycles. The van der Waals surface area contributed by atoms with E-state index < -0.39 is 18.1 Å². The molecule has 0 radical (unpaired) electrons. The van der Waals surface area contributed by atoms with Crippen molar-refractivity contribution in [2.75, 3.05) is 7.11 Å². The lowest BCUT2D eigenvalue weighted by atomic mass is 10.0. The number of esters is 1. The maximum atomic E-state index is 11.5. The first kappa shape index (κ1) is 13.9. The zero-order valence-corrected chi connectivity index (χ0v) is 9.74. The number of carbonyl (C=O) groups excluding carboxylic acids is 2. The van der Waals surface area contributed by atoms with Crippen molar-refractivity contribution in [1.29, 1.82) is 0 Å². The lowest BCUT2D eigenvalue weighted by Gasteiger charge is -2.21. The fraction of sp³-hybridized carbons (Fsp3) is 0.800. The predicted molar refractivity (Wildman–Crippen MR) is 57.1 cm³/mol. The van der Waals surface area contributed by atoms with Crippen LogP contribution in [-0.4, -0.2) is 31.1 Å². The van der Waals surface area contributed by atoms with Gasteiger partial charge >= 0.3 is 5.97 Å². The zero-order valence-electron chi connectivity index (χ0n) is 9.74. The van der Waals surface area contributed by atoms with E-state index in [4.69, 9.17) is 5.73 Å². The average molecular weight is 216 g/mol. The normalized spacial score (nSPS) is 14.5. The van der Waals surface area contributed by atoms with E-state index in [2.05, 4.69) is 10.1 Å². The summed E-state index contributed by atoms with van der Waals surface area (Å²) >= 11 is 0. The molecule has 0 aliphatic carbocycles. The summed E-state index contributed by atoms with van der Waals surface area (Å²) in [5.41, 5.74) is 5.54. The van der Waals surface area contributed by atoms with Gasteiger partial charge in [0, 0.05) is 0 Å². The Morgan fingerprint density at radius 1 is 1.40 bits per heavy atom. The van der Waals surface area contributed by atoms with Crippen LogP contribution in [0.2, 0.25) is 0 Å². The number of nitrogens with one attached hydrogen (secondary N) is 1. The fourth-order valence-corrected chi connectivity index (χ4v) is 1.07. The summed E-state index contributed by atoms with van der Waals surface area (Å²) in [4.78, 5) is 22.8. The summed E-state index contributed by atoms with van der Waals surface area (Å²) in [6.45, 7) is 5.48. The molecule has 2 unspecified atom stereocenters. The first-order valence-electron chi connectivity index (χ1n) is 5.07. The molecular weight excluding hydrogens is 196 g/mol. The number of methoxy groups -OCH3 is 1. The maximum absolute atomic E-state index is 11.5. The average Bonchev–Trinajstić information content (AvgIpc) is 2.22. The smallest absolute Gasteiger partial charge is 0.328 e. The lowest BCUT2D eigenvalue weighted by molar-refractivity contribution is -0.146. The van der Waals surface area contributed by atoms with Crippen LogP contribution in [0.5, 0.6) is 0 Å². The van der Waals surface area contributed by atoms with Crippen LogP contribution in [0.3, 0.4) is 0 Å². The second-order valence-electron chi connectivity index (χ2n) is 3.77. The molecular formula is C10H20N2O3. The SMILES string of the molecule is CCC(N)C(=O)NC(C(=O)OC)C(C)C. The van der Waals surface area contributed by atoms with Gasteiger partial charge < -0.3 is 15.8 Å². The molecule has 0 spiro atoms. The van der Waals surface area contributed by atoms with Crippen molar-refractivity contribution >= 4 is 11.9 Å². The molecule has 0 aliphatic heterocycles. The Labute approximate surface area is 90.4 Å². The van der Waals surface area contributed by atoms with Crippen molar-refractivity contribution in [3.8, 4) is 0 Å². The molecule has 2 atom stereocenters. The summed E-state index contributed by atoms with van der Waals surface area (Å²) in [6.07, 6.45) is 0.540. The Morgan fingerprint density at radius 3 is 2.27 bits per heavy atom. The molecule has 0 fully saturated rings. The Bertz CT molecular complexity index is 229. The van der Waals surface area contributed by atoms with Crippen molar-refractivity contribution < 1.29 is 14.3 Å². The van der Waals surface area contributed by atoms with Crippen molar-refractivity contribution in [1.82, 2.24) is 5.32 Å². The van der Waals surface area contributed by atoms with Crippen LogP contribution in [0.25, 0.3) is 0 Å². The molecule has 0 rings (SSSR count). The van der Waals surface area contributed by atoms with Gasteiger partial charge in [0.05, 0.1) is 13.2 Å². The van der Waals surface area contributed by atoms with E-state index in [1.54, 1.807) is 0 Å². The third-order valence-electron chi connectivity index (χ3n) is 2.20. The quantitative estimate of drug-likeness (QED) is 0.636. The van der Waals surface area contributed by atoms with E-state index in [9.17, 15) is 9.59 Å². The zero-order chi connectivity index (χ0) is 12.0. The van der Waals surface area contributed by atoms with Gasteiger partial charge in [0.1, 0.15) is 6.04 Å². The van der Waals surface area contributed by atoms with Crippen LogP contribution in [0.15, 0.2) is 0 Å². The molecule has 0 bridgehead atoms. The maximum Gasteiger partial charge on any atom is 0.328 e. The second kappa shape index (κ2) is 6.40. The van der Waals surface area contributed by atoms with Crippen LogP contribution in [0.4, 0.5) is 0 Å². The van der Waals surface area contributed by atoms with Gasteiger partial charge in [-0.15, -0.1) is 0 Å². The van der Waals surface area contributed by atoms with E-state index in [0.717, 1.165) is 0 Å². The monoisotopic (exact) mass is 216 g/mol. The van der Waals surface area contributed by atoms with Gasteiger partial charge in [-0.2, -0.15) is 0 Å². The Hall–Kier alpha value is -1.10. The molecule has 88 valence electrons. The van der Waals surface area contributed by atoms with Crippen LogP contribution in [-0.2, 0) is 14.3 Å². The van der Waals surface area contributed by atoms with Crippen LogP contribution in [0, 0.1) is 5.92 Å². The van der Waals surface area contributed by atoms with Gasteiger partial charge in [-0.25, -0.2) is 4.79 Å². The highest BCUT2D eigenvalue weighted by atomic mass is 16.5. The van der Waals surface area contributed by atoms with Gasteiger partial charge in [0.25, 0.3) is 0 Å². The second-order valence-corrected chi connectivity index (χ2v) is 3.77. The summed E-state index contributed by atoms with van der Waals surface area (Å²) in [5.74, 6) is -0.784. The van der Waals surface area contributed by atoms with Crippen molar-refractivity contribution in [3.63, 3.8) is 0 Å². The number of hydrogen-bond donors (Lipinski definition) is 2. The van der Waals surface area contributed by atoms with Crippen LogP contribution < -0.4 is 11.1 Å². The van der Waals surface area contributed by atoms with E-state index in [1.807, 2.05) is 20.8 Å². The molecule has 0 aliphatic rings. The standard InChI is InChI=1S/C10H20N2O3/c1-5-7(11)9(13)12-8(6(2)3)10(14)15-4/h6-8H,5,11H2,1-4H3,(H,12,13). The highest BCUT2D eigenvalue weighted by molar-refractivity contribution is 5.87. The van der Waals surface area contributed by atoms with Gasteiger partial charge in [0.15, 0.2) is 0 Å². The fourth-order valence-electron chi connectivity index (χ4n) is 1.07. The highest BCUT2D eigenvalue weighted by Crippen LogP contribution is 2.04. The minimum absolute atomic E-state index is 0.0227. The van der Waals surface area contributed by atoms with Gasteiger partial charge in [-0.1, -0.05) is 20.8 Å². The third-order valence-corrected chi connectivity index (χ3v) is 2.20. The first-order chi connectivity index (χ1) is 6.93. The number of ether oxygens (including phenoxy) is 1. The van der Waals surface area contributed by atoms with Crippen LogP contribution in [0.1, 0.15) is 27.2 Å². The van der Waals surface area contributed by atoms with Gasteiger partial charge in [-0.3, -0.25) is 4.79 Å². The van der Waals surface area contributed by atoms with E-state index >= 15 is 0 Å². The molecule has 5 heteroatoms. The van der Waals surface area contributed by atoms with Crippen molar-refractivity contribution in [2.45, 2.75) is 39.3 Å². The number of rotatable bonds is 5. The van der Waals surface area contributed by atoms with Crippen LogP contribution >= 0.6 is 0 Å². The first-order valence-corrected chi connectivity index (χ1v) is 5.07. The Balaban J connectivity index is 4.42. The highest BCUT2D eigenvalue weighted by Gasteiger charge is 2.26. The molecule has 0 aromatic rings. The topological polar surface area (TPSA) is 81.4 Å². The number of hydrogen-bond acceptors (Lipinski definition) is 4. The van der Waals surface area contributed by atoms with Crippen molar-refractivity contribution in [3.05, 3.63) is 0 Å². The Kier molecular flexibility index (Phi) is 5.93. The number of amides is 1. The van der Waals surface area contributed by atoms with Gasteiger partial charge in [0.2, 0.25) is 5.91 Å². The number of carbonyl (C=O) groups is 2. The lowest BCUT2D eigenvalue weighted by Crippen LogP contribution is -2.50. The summed E-state index contributed by atoms with van der Waals surface area (Å²) < 4.78 is 4.59. The molecule has 15 heavy (non-hydrogen) atoms. The molecule has 0 saturated carbocycles. The summed E-state index contributed by atoms with van der Waals surface area (Å²) in [6, 6.07) is -1.20.